The second-order valence-electron chi connectivity index (χ2n) is 6.17. The number of aliphatic imine (C=N–C) groups is 1. The van der Waals surface area contributed by atoms with Crippen molar-refractivity contribution in [2.24, 2.45) is 4.99 Å². The molecule has 5 nitrogen and oxygen atoms in total. The van der Waals surface area contributed by atoms with Crippen molar-refractivity contribution in [3.8, 4) is 0 Å². The number of unbranched alkanes of at least 4 members (excludes halogenated alkanes) is 2. The van der Waals surface area contributed by atoms with E-state index in [1.165, 1.54) is 52.0 Å². The Morgan fingerprint density at radius 1 is 1.04 bits per heavy atom. The van der Waals surface area contributed by atoms with E-state index in [4.69, 9.17) is 4.99 Å². The Hall–Kier alpha value is -0.0800. The van der Waals surface area contributed by atoms with Crippen molar-refractivity contribution in [2.75, 3.05) is 52.4 Å². The first-order chi connectivity index (χ1) is 10.7. The highest BCUT2D eigenvalue weighted by molar-refractivity contribution is 14.0. The van der Waals surface area contributed by atoms with E-state index in [2.05, 4.69) is 48.1 Å². The fourth-order valence-corrected chi connectivity index (χ4v) is 2.78. The van der Waals surface area contributed by atoms with E-state index >= 15 is 0 Å². The van der Waals surface area contributed by atoms with Crippen LogP contribution in [0.3, 0.4) is 0 Å². The van der Waals surface area contributed by atoms with E-state index in [0.717, 1.165) is 25.6 Å². The molecule has 1 fully saturated rings. The van der Waals surface area contributed by atoms with Crippen molar-refractivity contribution in [2.45, 2.75) is 53.0 Å². The lowest BCUT2D eigenvalue weighted by molar-refractivity contribution is 0.109. The Kier molecular flexibility index (Phi) is 14.2. The summed E-state index contributed by atoms with van der Waals surface area (Å²) < 4.78 is 0. The summed E-state index contributed by atoms with van der Waals surface area (Å²) in [6, 6.07) is 0.519. The zero-order valence-corrected chi connectivity index (χ0v) is 17.9. The molecule has 0 aromatic heterocycles. The lowest BCUT2D eigenvalue weighted by Gasteiger charge is -2.37. The van der Waals surface area contributed by atoms with Gasteiger partial charge < -0.3 is 15.5 Å². The SMILES string of the molecule is CCCCCNC(=NCC(C)N1CCN(CC)CC1)NCC.I. The third-order valence-corrected chi connectivity index (χ3v) is 4.41. The number of likely N-dealkylation sites (N-methyl/N-ethyl adjacent to an activating group) is 1. The summed E-state index contributed by atoms with van der Waals surface area (Å²) in [7, 11) is 0. The summed E-state index contributed by atoms with van der Waals surface area (Å²) >= 11 is 0. The molecule has 0 aromatic carbocycles. The summed E-state index contributed by atoms with van der Waals surface area (Å²) in [5, 5.41) is 6.79. The average Bonchev–Trinajstić information content (AvgIpc) is 2.56. The van der Waals surface area contributed by atoms with E-state index in [-0.39, 0.29) is 24.0 Å². The summed E-state index contributed by atoms with van der Waals surface area (Å²) in [5.41, 5.74) is 0. The Labute approximate surface area is 160 Å². The zero-order chi connectivity index (χ0) is 16.2. The Morgan fingerprint density at radius 2 is 1.74 bits per heavy atom. The molecule has 0 bridgehead atoms. The van der Waals surface area contributed by atoms with Crippen molar-refractivity contribution in [3.05, 3.63) is 0 Å². The van der Waals surface area contributed by atoms with Gasteiger partial charge in [-0.3, -0.25) is 9.89 Å². The van der Waals surface area contributed by atoms with E-state index < -0.39 is 0 Å². The fourth-order valence-electron chi connectivity index (χ4n) is 2.78. The standard InChI is InChI=1S/C17H37N5.HI/c1-5-8-9-10-19-17(18-6-2)20-15-16(4)22-13-11-21(7-3)12-14-22;/h16H,5-15H2,1-4H3,(H2,18,19,20);1H. The molecule has 1 rings (SSSR count). The molecule has 0 amide bonds. The first kappa shape index (κ1) is 22.9. The summed E-state index contributed by atoms with van der Waals surface area (Å²) in [6.07, 6.45) is 3.76. The Morgan fingerprint density at radius 3 is 2.30 bits per heavy atom. The van der Waals surface area contributed by atoms with E-state index in [1.54, 1.807) is 0 Å². The van der Waals surface area contributed by atoms with Gasteiger partial charge in [-0.25, -0.2) is 0 Å². The molecule has 0 aliphatic carbocycles. The maximum absolute atomic E-state index is 4.76. The summed E-state index contributed by atoms with van der Waals surface area (Å²) in [4.78, 5) is 9.85. The van der Waals surface area contributed by atoms with Crippen LogP contribution < -0.4 is 10.6 Å². The summed E-state index contributed by atoms with van der Waals surface area (Å²) in [6.45, 7) is 17.6. The van der Waals surface area contributed by atoms with E-state index in [9.17, 15) is 0 Å². The van der Waals surface area contributed by atoms with Gasteiger partial charge in [-0.05, 0) is 26.8 Å². The Balaban J connectivity index is 0.00000484. The number of rotatable bonds is 9. The molecule has 1 unspecified atom stereocenters. The van der Waals surface area contributed by atoms with Crippen LogP contribution in [0.4, 0.5) is 0 Å². The third-order valence-electron chi connectivity index (χ3n) is 4.41. The van der Waals surface area contributed by atoms with Crippen LogP contribution in [0.15, 0.2) is 4.99 Å². The topological polar surface area (TPSA) is 42.9 Å². The minimum atomic E-state index is 0. The number of hydrogen-bond acceptors (Lipinski definition) is 3. The lowest BCUT2D eigenvalue weighted by Crippen LogP contribution is -2.50. The molecule has 2 N–H and O–H groups in total. The molecule has 6 heteroatoms. The highest BCUT2D eigenvalue weighted by atomic mass is 127. The second-order valence-corrected chi connectivity index (χ2v) is 6.17. The molecule has 1 saturated heterocycles. The van der Waals surface area contributed by atoms with Crippen LogP contribution in [0.5, 0.6) is 0 Å². The van der Waals surface area contributed by atoms with Crippen molar-refractivity contribution in [1.29, 1.82) is 0 Å². The minimum absolute atomic E-state index is 0. The molecule has 138 valence electrons. The van der Waals surface area contributed by atoms with Gasteiger partial charge in [0.05, 0.1) is 6.54 Å². The molecule has 1 aliphatic rings. The van der Waals surface area contributed by atoms with Crippen molar-refractivity contribution in [3.63, 3.8) is 0 Å². The molecule has 1 atom stereocenters. The van der Waals surface area contributed by atoms with Gasteiger partial charge in [0.15, 0.2) is 5.96 Å². The number of nitrogens with one attached hydrogen (secondary N) is 2. The van der Waals surface area contributed by atoms with Crippen LogP contribution in [-0.4, -0.2) is 74.2 Å². The average molecular weight is 439 g/mol. The highest BCUT2D eigenvalue weighted by Gasteiger charge is 2.19. The van der Waals surface area contributed by atoms with Crippen molar-refractivity contribution in [1.82, 2.24) is 20.4 Å². The highest BCUT2D eigenvalue weighted by Crippen LogP contribution is 2.06. The zero-order valence-electron chi connectivity index (χ0n) is 15.6. The van der Waals surface area contributed by atoms with Crippen LogP contribution in [0.25, 0.3) is 0 Å². The quantitative estimate of drug-likeness (QED) is 0.251. The molecule has 0 aromatic rings. The maximum atomic E-state index is 4.76. The third kappa shape index (κ3) is 9.72. The molecular weight excluding hydrogens is 401 g/mol. The van der Waals surface area contributed by atoms with Gasteiger partial charge >= 0.3 is 0 Å². The number of guanidine groups is 1. The molecule has 0 saturated carbocycles. The Bertz CT molecular complexity index is 303. The van der Waals surface area contributed by atoms with Gasteiger partial charge in [-0.2, -0.15) is 0 Å². The first-order valence-electron chi connectivity index (χ1n) is 9.19. The normalized spacial score (nSPS) is 18.3. The molecule has 0 spiro atoms. The molecule has 0 radical (unpaired) electrons. The van der Waals surface area contributed by atoms with Gasteiger partial charge in [-0.1, -0.05) is 26.7 Å². The minimum Gasteiger partial charge on any atom is -0.357 e. The van der Waals surface area contributed by atoms with Crippen molar-refractivity contribution >= 4 is 29.9 Å². The lowest BCUT2D eigenvalue weighted by atomic mass is 10.2. The number of nitrogens with zero attached hydrogens (tertiary/aromatic N) is 3. The number of piperazine rings is 1. The predicted molar refractivity (Wildman–Crippen MR) is 112 cm³/mol. The van der Waals surface area contributed by atoms with E-state index in [0.29, 0.717) is 6.04 Å². The predicted octanol–water partition coefficient (Wildman–Crippen LogP) is 2.38. The number of hydrogen-bond donors (Lipinski definition) is 2. The van der Waals surface area contributed by atoms with Crippen LogP contribution in [-0.2, 0) is 0 Å². The fraction of sp³-hybridized carbons (Fsp3) is 0.941. The van der Waals surface area contributed by atoms with Gasteiger partial charge in [0, 0.05) is 45.3 Å². The molecular formula is C17H38IN5. The van der Waals surface area contributed by atoms with E-state index in [1.807, 2.05) is 0 Å². The van der Waals surface area contributed by atoms with Crippen LogP contribution in [0.1, 0.15) is 47.0 Å². The van der Waals surface area contributed by atoms with Gasteiger partial charge in [0.25, 0.3) is 0 Å². The maximum Gasteiger partial charge on any atom is 0.191 e. The monoisotopic (exact) mass is 439 g/mol. The largest absolute Gasteiger partial charge is 0.357 e. The van der Waals surface area contributed by atoms with Crippen LogP contribution in [0.2, 0.25) is 0 Å². The van der Waals surface area contributed by atoms with Crippen LogP contribution in [0, 0.1) is 0 Å². The second kappa shape index (κ2) is 14.3. The molecule has 1 aliphatic heterocycles. The first-order valence-corrected chi connectivity index (χ1v) is 9.19. The van der Waals surface area contributed by atoms with Crippen molar-refractivity contribution < 1.29 is 0 Å². The molecule has 23 heavy (non-hydrogen) atoms. The number of halogens is 1. The smallest absolute Gasteiger partial charge is 0.191 e. The van der Waals surface area contributed by atoms with Crippen LogP contribution >= 0.6 is 24.0 Å². The molecule has 1 heterocycles. The van der Waals surface area contributed by atoms with Gasteiger partial charge in [0.2, 0.25) is 0 Å². The van der Waals surface area contributed by atoms with Gasteiger partial charge in [-0.15, -0.1) is 24.0 Å². The summed E-state index contributed by atoms with van der Waals surface area (Å²) in [5.74, 6) is 0.970. The van der Waals surface area contributed by atoms with Gasteiger partial charge in [0.1, 0.15) is 0 Å².